The molecular formula is C25H22FN7O2. The lowest BCUT2D eigenvalue weighted by Crippen LogP contribution is -2.20. The van der Waals surface area contributed by atoms with E-state index in [1.807, 2.05) is 19.1 Å². The first-order valence-electron chi connectivity index (χ1n) is 11.0. The SMILES string of the molecule is Cc1ccc(C(=O)Nc2cnc(C3=NN(Cc4ccccc4F)C(c4ccon4)C3)nc2N)cc1. The van der Waals surface area contributed by atoms with Crippen LogP contribution in [0.2, 0.25) is 0 Å². The number of carbonyl (C=O) groups is 1. The second-order valence-corrected chi connectivity index (χ2v) is 8.19. The van der Waals surface area contributed by atoms with Gasteiger partial charge in [-0.25, -0.2) is 14.4 Å². The van der Waals surface area contributed by atoms with E-state index in [9.17, 15) is 9.18 Å². The van der Waals surface area contributed by atoms with Crippen LogP contribution in [0.5, 0.6) is 0 Å². The number of nitrogens with one attached hydrogen (secondary N) is 1. The highest BCUT2D eigenvalue weighted by Gasteiger charge is 2.32. The lowest BCUT2D eigenvalue weighted by Gasteiger charge is -2.21. The summed E-state index contributed by atoms with van der Waals surface area (Å²) in [6.07, 6.45) is 3.36. The number of hydrogen-bond donors (Lipinski definition) is 2. The first-order valence-corrected chi connectivity index (χ1v) is 11.0. The molecule has 10 heteroatoms. The number of nitrogens with two attached hydrogens (primary N) is 1. The number of nitrogen functional groups attached to an aromatic ring is 1. The van der Waals surface area contributed by atoms with Gasteiger partial charge in [-0.1, -0.05) is 41.1 Å². The van der Waals surface area contributed by atoms with Gasteiger partial charge < -0.3 is 15.6 Å². The molecule has 1 atom stereocenters. The van der Waals surface area contributed by atoms with Gasteiger partial charge in [0.1, 0.15) is 29.2 Å². The maximum Gasteiger partial charge on any atom is 0.255 e. The topological polar surface area (TPSA) is 123 Å². The third-order valence-corrected chi connectivity index (χ3v) is 5.72. The summed E-state index contributed by atoms with van der Waals surface area (Å²) in [5.41, 5.74) is 9.72. The number of benzene rings is 2. The van der Waals surface area contributed by atoms with E-state index >= 15 is 0 Å². The fourth-order valence-corrected chi connectivity index (χ4v) is 3.82. The van der Waals surface area contributed by atoms with Crippen molar-refractivity contribution in [3.63, 3.8) is 0 Å². The fraction of sp³-hybridized carbons (Fsp3) is 0.160. The minimum Gasteiger partial charge on any atom is -0.382 e. The van der Waals surface area contributed by atoms with Gasteiger partial charge in [0.05, 0.1) is 18.8 Å². The van der Waals surface area contributed by atoms with Crippen molar-refractivity contribution < 1.29 is 13.7 Å². The molecule has 0 radical (unpaired) electrons. The van der Waals surface area contributed by atoms with Gasteiger partial charge in [-0.2, -0.15) is 5.10 Å². The summed E-state index contributed by atoms with van der Waals surface area (Å²) in [5.74, 6) is -0.193. The Morgan fingerprint density at radius 2 is 2.00 bits per heavy atom. The van der Waals surface area contributed by atoms with Crippen molar-refractivity contribution in [2.45, 2.75) is 25.9 Å². The largest absolute Gasteiger partial charge is 0.382 e. The van der Waals surface area contributed by atoms with E-state index in [-0.39, 0.29) is 30.1 Å². The van der Waals surface area contributed by atoms with Crippen molar-refractivity contribution in [2.24, 2.45) is 5.10 Å². The first-order chi connectivity index (χ1) is 17.0. The Balaban J connectivity index is 1.38. The number of aromatic nitrogens is 3. The molecule has 1 aliphatic rings. The van der Waals surface area contributed by atoms with Crippen LogP contribution in [0.4, 0.5) is 15.9 Å². The minimum absolute atomic E-state index is 0.115. The van der Waals surface area contributed by atoms with Crippen LogP contribution in [0.3, 0.4) is 0 Å². The molecule has 0 bridgehead atoms. The smallest absolute Gasteiger partial charge is 0.255 e. The fourth-order valence-electron chi connectivity index (χ4n) is 3.82. The summed E-state index contributed by atoms with van der Waals surface area (Å²) >= 11 is 0. The molecule has 0 fully saturated rings. The Kier molecular flexibility index (Phi) is 5.92. The van der Waals surface area contributed by atoms with Gasteiger partial charge in [-0.05, 0) is 25.1 Å². The molecule has 0 saturated heterocycles. The normalized spacial score (nSPS) is 15.2. The maximum absolute atomic E-state index is 14.3. The zero-order valence-corrected chi connectivity index (χ0v) is 18.9. The third-order valence-electron chi connectivity index (χ3n) is 5.72. The van der Waals surface area contributed by atoms with Gasteiger partial charge in [0.2, 0.25) is 0 Å². The van der Waals surface area contributed by atoms with Crippen molar-refractivity contribution in [2.75, 3.05) is 11.1 Å². The number of aryl methyl sites for hydroxylation is 1. The molecule has 176 valence electrons. The lowest BCUT2D eigenvalue weighted by molar-refractivity contribution is 0.102. The van der Waals surface area contributed by atoms with Crippen LogP contribution in [0.15, 0.2) is 76.7 Å². The molecule has 3 heterocycles. The van der Waals surface area contributed by atoms with E-state index in [0.29, 0.717) is 40.5 Å². The van der Waals surface area contributed by atoms with Crippen molar-refractivity contribution in [1.29, 1.82) is 0 Å². The number of anilines is 2. The Bertz CT molecular complexity index is 1390. The molecule has 9 nitrogen and oxygen atoms in total. The first kappa shape index (κ1) is 22.2. The predicted molar refractivity (Wildman–Crippen MR) is 128 cm³/mol. The number of carbonyl (C=O) groups excluding carboxylic acids is 1. The lowest BCUT2D eigenvalue weighted by atomic mass is 10.1. The number of nitrogens with zero attached hydrogens (tertiary/aromatic N) is 5. The second kappa shape index (κ2) is 9.34. The van der Waals surface area contributed by atoms with Crippen LogP contribution in [0, 0.1) is 12.7 Å². The van der Waals surface area contributed by atoms with Gasteiger partial charge in [-0.15, -0.1) is 0 Å². The van der Waals surface area contributed by atoms with Crippen LogP contribution in [0.25, 0.3) is 0 Å². The zero-order chi connectivity index (χ0) is 24.4. The van der Waals surface area contributed by atoms with Gasteiger partial charge in [0.15, 0.2) is 11.6 Å². The van der Waals surface area contributed by atoms with E-state index in [2.05, 4.69) is 25.5 Å². The molecular weight excluding hydrogens is 449 g/mol. The van der Waals surface area contributed by atoms with Gasteiger partial charge >= 0.3 is 0 Å². The van der Waals surface area contributed by atoms with Crippen molar-refractivity contribution >= 4 is 23.1 Å². The van der Waals surface area contributed by atoms with Gasteiger partial charge in [0, 0.05) is 23.6 Å². The van der Waals surface area contributed by atoms with E-state index < -0.39 is 0 Å². The van der Waals surface area contributed by atoms with Gasteiger partial charge in [0.25, 0.3) is 5.91 Å². The number of halogens is 1. The molecule has 0 aliphatic carbocycles. The minimum atomic E-state index is -0.316. The summed E-state index contributed by atoms with van der Waals surface area (Å²) < 4.78 is 19.3. The monoisotopic (exact) mass is 471 g/mol. The molecule has 1 amide bonds. The molecule has 2 aromatic carbocycles. The summed E-state index contributed by atoms with van der Waals surface area (Å²) in [5, 5.41) is 13.2. The standard InChI is InChI=1S/C25H22FN7O2/c1-15-6-8-16(9-7-15)25(34)29-21-13-28-24(30-23(21)27)20-12-22(19-10-11-35-32-19)33(31-20)14-17-4-2-3-5-18(17)26/h2-11,13,22H,12,14H2,1H3,(H,29,34)(H2,27,28,30). The van der Waals surface area contributed by atoms with Crippen LogP contribution in [-0.2, 0) is 6.54 Å². The highest BCUT2D eigenvalue weighted by Crippen LogP contribution is 2.33. The molecule has 2 aromatic heterocycles. The number of rotatable bonds is 6. The Labute approximate surface area is 200 Å². The molecule has 0 saturated carbocycles. The van der Waals surface area contributed by atoms with Crippen LogP contribution < -0.4 is 11.1 Å². The Morgan fingerprint density at radius 3 is 2.71 bits per heavy atom. The second-order valence-electron chi connectivity index (χ2n) is 8.19. The Hall–Kier alpha value is -4.60. The van der Waals surface area contributed by atoms with Crippen molar-refractivity contribution in [3.8, 4) is 0 Å². The van der Waals surface area contributed by atoms with Crippen molar-refractivity contribution in [3.05, 3.63) is 101 Å². The van der Waals surface area contributed by atoms with E-state index in [1.165, 1.54) is 18.5 Å². The number of hydrogen-bond acceptors (Lipinski definition) is 8. The third kappa shape index (κ3) is 4.72. The van der Waals surface area contributed by atoms with Crippen LogP contribution >= 0.6 is 0 Å². The number of amides is 1. The molecule has 1 aliphatic heterocycles. The van der Waals surface area contributed by atoms with E-state index in [4.69, 9.17) is 10.3 Å². The van der Waals surface area contributed by atoms with Crippen LogP contribution in [-0.4, -0.2) is 31.8 Å². The zero-order valence-electron chi connectivity index (χ0n) is 18.9. The molecule has 5 rings (SSSR count). The summed E-state index contributed by atoms with van der Waals surface area (Å²) in [6.45, 7) is 2.18. The number of hydrazone groups is 1. The Morgan fingerprint density at radius 1 is 1.20 bits per heavy atom. The maximum atomic E-state index is 14.3. The molecule has 1 unspecified atom stereocenters. The molecule has 0 spiro atoms. The predicted octanol–water partition coefficient (Wildman–Crippen LogP) is 4.10. The molecule has 35 heavy (non-hydrogen) atoms. The molecule has 3 N–H and O–H groups in total. The van der Waals surface area contributed by atoms with E-state index in [0.717, 1.165) is 5.56 Å². The quantitative estimate of drug-likeness (QED) is 0.434. The highest BCUT2D eigenvalue weighted by atomic mass is 19.1. The van der Waals surface area contributed by atoms with Gasteiger partial charge in [-0.3, -0.25) is 9.80 Å². The average molecular weight is 471 g/mol. The highest BCUT2D eigenvalue weighted by molar-refractivity contribution is 6.06. The summed E-state index contributed by atoms with van der Waals surface area (Å²) in [6, 6.07) is 15.2. The average Bonchev–Trinajstić information content (AvgIpc) is 3.52. The molecule has 4 aromatic rings. The van der Waals surface area contributed by atoms with Crippen LogP contribution in [0.1, 0.15) is 45.5 Å². The van der Waals surface area contributed by atoms with Crippen molar-refractivity contribution in [1.82, 2.24) is 20.1 Å². The van der Waals surface area contributed by atoms with E-state index in [1.54, 1.807) is 41.4 Å². The summed E-state index contributed by atoms with van der Waals surface area (Å²) in [4.78, 5) is 21.3. The summed E-state index contributed by atoms with van der Waals surface area (Å²) in [7, 11) is 0.